The molecule has 4 rings (SSSR count). The number of urea groups is 1. The van der Waals surface area contributed by atoms with Gasteiger partial charge >= 0.3 is 6.03 Å². The van der Waals surface area contributed by atoms with Crippen LogP contribution in [-0.2, 0) is 12.1 Å². The van der Waals surface area contributed by atoms with Crippen molar-refractivity contribution in [3.05, 3.63) is 47.3 Å². The summed E-state index contributed by atoms with van der Waals surface area (Å²) in [4.78, 5) is 27.1. The Morgan fingerprint density at radius 3 is 2.53 bits per heavy atom. The van der Waals surface area contributed by atoms with E-state index in [1.165, 1.54) is 0 Å². The van der Waals surface area contributed by atoms with Crippen LogP contribution >= 0.6 is 0 Å². The van der Waals surface area contributed by atoms with Crippen LogP contribution in [0, 0.1) is 0 Å². The van der Waals surface area contributed by atoms with Crippen LogP contribution in [0.1, 0.15) is 74.1 Å². The number of rotatable bonds is 5. The first-order valence-corrected chi connectivity index (χ1v) is 10.8. The lowest BCUT2D eigenvalue weighted by atomic mass is 10.1. The highest BCUT2D eigenvalue weighted by Crippen LogP contribution is 2.40. The molecule has 2 N–H and O–H groups in total. The average Bonchev–Trinajstić information content (AvgIpc) is 3.21. The summed E-state index contributed by atoms with van der Waals surface area (Å²) >= 11 is 0. The van der Waals surface area contributed by atoms with E-state index < -0.39 is 0 Å². The van der Waals surface area contributed by atoms with Crippen molar-refractivity contribution >= 4 is 17.6 Å². The van der Waals surface area contributed by atoms with Crippen molar-refractivity contribution in [3.63, 3.8) is 0 Å². The zero-order chi connectivity index (χ0) is 21.3. The third-order valence-electron chi connectivity index (χ3n) is 5.62. The molecule has 1 aliphatic heterocycles. The summed E-state index contributed by atoms with van der Waals surface area (Å²) in [6, 6.07) is 9.50. The van der Waals surface area contributed by atoms with Crippen molar-refractivity contribution in [2.24, 2.45) is 0 Å². The molecule has 7 nitrogen and oxygen atoms in total. The predicted molar refractivity (Wildman–Crippen MR) is 117 cm³/mol. The topological polar surface area (TPSA) is 79.3 Å². The van der Waals surface area contributed by atoms with Gasteiger partial charge in [0.05, 0.1) is 11.2 Å². The lowest BCUT2D eigenvalue weighted by molar-refractivity contribution is 0.0932. The summed E-state index contributed by atoms with van der Waals surface area (Å²) in [6.07, 6.45) is 4.43. The number of nitrogens with one attached hydrogen (secondary N) is 2. The molecule has 0 bridgehead atoms. The molecular weight excluding hydrogens is 378 g/mol. The van der Waals surface area contributed by atoms with Gasteiger partial charge in [-0.1, -0.05) is 12.1 Å². The molecule has 2 aromatic rings. The first kappa shape index (κ1) is 20.4. The molecule has 1 saturated heterocycles. The van der Waals surface area contributed by atoms with Crippen LogP contribution in [0.3, 0.4) is 0 Å². The molecule has 2 fully saturated rings. The number of nitrogens with zero attached hydrogens (tertiary/aromatic N) is 3. The number of amides is 3. The van der Waals surface area contributed by atoms with E-state index in [0.29, 0.717) is 18.2 Å². The van der Waals surface area contributed by atoms with E-state index in [2.05, 4.69) is 31.4 Å². The second-order valence-electron chi connectivity index (χ2n) is 9.32. The van der Waals surface area contributed by atoms with Crippen LogP contribution in [-0.4, -0.2) is 39.7 Å². The minimum absolute atomic E-state index is 0.0598. The Morgan fingerprint density at radius 1 is 1.13 bits per heavy atom. The van der Waals surface area contributed by atoms with Crippen LogP contribution in [0.25, 0.3) is 0 Å². The number of carbonyl (C=O) groups is 2. The SMILES string of the molecule is CC(C)(C)n1nc(C2CC2)cc1C(=O)NCc1cccc(NC(=O)N2CCCC2)c1. The maximum Gasteiger partial charge on any atom is 0.321 e. The molecule has 160 valence electrons. The maximum atomic E-state index is 12.9. The fourth-order valence-electron chi connectivity index (χ4n) is 3.81. The van der Waals surface area contributed by atoms with Crippen molar-refractivity contribution in [2.75, 3.05) is 18.4 Å². The summed E-state index contributed by atoms with van der Waals surface area (Å²) in [5, 5.41) is 10.7. The van der Waals surface area contributed by atoms with Gasteiger partial charge in [0.15, 0.2) is 0 Å². The zero-order valence-corrected chi connectivity index (χ0v) is 18.1. The predicted octanol–water partition coefficient (Wildman–Crippen LogP) is 4.07. The van der Waals surface area contributed by atoms with Crippen LogP contribution in [0.2, 0.25) is 0 Å². The molecule has 1 aromatic carbocycles. The molecule has 7 heteroatoms. The molecule has 0 radical (unpaired) electrons. The maximum absolute atomic E-state index is 12.9. The zero-order valence-electron chi connectivity index (χ0n) is 18.1. The number of likely N-dealkylation sites (tertiary alicyclic amines) is 1. The van der Waals surface area contributed by atoms with Crippen molar-refractivity contribution in [3.8, 4) is 0 Å². The Bertz CT molecular complexity index is 933. The summed E-state index contributed by atoms with van der Waals surface area (Å²) < 4.78 is 1.84. The van der Waals surface area contributed by atoms with E-state index in [9.17, 15) is 9.59 Å². The molecule has 1 saturated carbocycles. The van der Waals surface area contributed by atoms with Gasteiger partial charge in [-0.15, -0.1) is 0 Å². The van der Waals surface area contributed by atoms with Gasteiger partial charge in [-0.05, 0) is 70.2 Å². The lowest BCUT2D eigenvalue weighted by Gasteiger charge is -2.22. The summed E-state index contributed by atoms with van der Waals surface area (Å²) in [5.74, 6) is 0.367. The molecule has 1 aliphatic carbocycles. The first-order chi connectivity index (χ1) is 14.3. The largest absolute Gasteiger partial charge is 0.347 e. The Kier molecular flexibility index (Phi) is 5.54. The molecule has 3 amide bonds. The number of carbonyl (C=O) groups excluding carboxylic acids is 2. The quantitative estimate of drug-likeness (QED) is 0.781. The van der Waals surface area contributed by atoms with Gasteiger partial charge < -0.3 is 15.5 Å². The van der Waals surface area contributed by atoms with Crippen LogP contribution < -0.4 is 10.6 Å². The lowest BCUT2D eigenvalue weighted by Crippen LogP contribution is -2.32. The van der Waals surface area contributed by atoms with Gasteiger partial charge in [-0.25, -0.2) is 4.79 Å². The minimum Gasteiger partial charge on any atom is -0.347 e. The molecule has 0 spiro atoms. The third kappa shape index (κ3) is 4.66. The molecule has 1 aromatic heterocycles. The van der Waals surface area contributed by atoms with E-state index in [4.69, 9.17) is 5.10 Å². The molecule has 2 heterocycles. The van der Waals surface area contributed by atoms with Gasteiger partial charge in [0, 0.05) is 31.2 Å². The second-order valence-corrected chi connectivity index (χ2v) is 9.32. The Balaban J connectivity index is 1.41. The number of anilines is 1. The van der Waals surface area contributed by atoms with Gasteiger partial charge in [-0.3, -0.25) is 9.48 Å². The van der Waals surface area contributed by atoms with Crippen molar-refractivity contribution in [1.82, 2.24) is 20.0 Å². The molecule has 0 unspecified atom stereocenters. The molecule has 2 aliphatic rings. The van der Waals surface area contributed by atoms with E-state index in [1.807, 2.05) is 39.9 Å². The van der Waals surface area contributed by atoms with E-state index >= 15 is 0 Å². The highest BCUT2D eigenvalue weighted by atomic mass is 16.2. The highest BCUT2D eigenvalue weighted by molar-refractivity contribution is 5.93. The van der Waals surface area contributed by atoms with Gasteiger partial charge in [0.25, 0.3) is 5.91 Å². The van der Waals surface area contributed by atoms with E-state index in [1.54, 1.807) is 0 Å². The average molecular weight is 410 g/mol. The molecular formula is C23H31N5O2. The minimum atomic E-state index is -0.264. The van der Waals surface area contributed by atoms with Crippen LogP contribution in [0.4, 0.5) is 10.5 Å². The number of aromatic nitrogens is 2. The summed E-state index contributed by atoms with van der Waals surface area (Å²) in [6.45, 7) is 8.18. The van der Waals surface area contributed by atoms with Crippen molar-refractivity contribution < 1.29 is 9.59 Å². The standard InChI is InChI=1S/C23H31N5O2/c1-23(2,3)28-20(14-19(26-28)17-9-10-17)21(29)24-15-16-7-6-8-18(13-16)25-22(30)27-11-4-5-12-27/h6-8,13-14,17H,4-5,9-12,15H2,1-3H3,(H,24,29)(H,25,30). The number of hydrogen-bond acceptors (Lipinski definition) is 3. The Hall–Kier alpha value is -2.83. The number of hydrogen-bond donors (Lipinski definition) is 2. The van der Waals surface area contributed by atoms with Crippen LogP contribution in [0.15, 0.2) is 30.3 Å². The Labute approximate surface area is 177 Å². The highest BCUT2D eigenvalue weighted by Gasteiger charge is 2.31. The fourth-order valence-corrected chi connectivity index (χ4v) is 3.81. The van der Waals surface area contributed by atoms with Crippen molar-refractivity contribution in [1.29, 1.82) is 0 Å². The summed E-state index contributed by atoms with van der Waals surface area (Å²) in [7, 11) is 0. The normalized spacial score (nSPS) is 16.6. The van der Waals surface area contributed by atoms with Gasteiger partial charge in [-0.2, -0.15) is 5.10 Å². The first-order valence-electron chi connectivity index (χ1n) is 10.8. The fraction of sp³-hybridized carbons (Fsp3) is 0.522. The van der Waals surface area contributed by atoms with Gasteiger partial charge in [0.2, 0.25) is 0 Å². The van der Waals surface area contributed by atoms with E-state index in [0.717, 1.165) is 55.7 Å². The van der Waals surface area contributed by atoms with Gasteiger partial charge in [0.1, 0.15) is 5.69 Å². The van der Waals surface area contributed by atoms with Crippen LogP contribution in [0.5, 0.6) is 0 Å². The third-order valence-corrected chi connectivity index (χ3v) is 5.62. The Morgan fingerprint density at radius 2 is 1.87 bits per heavy atom. The molecule has 30 heavy (non-hydrogen) atoms. The number of benzene rings is 1. The smallest absolute Gasteiger partial charge is 0.321 e. The molecule has 0 atom stereocenters. The monoisotopic (exact) mass is 409 g/mol. The summed E-state index contributed by atoms with van der Waals surface area (Å²) in [5.41, 5.74) is 3.03. The second kappa shape index (κ2) is 8.13. The van der Waals surface area contributed by atoms with Crippen molar-refractivity contribution in [2.45, 2.75) is 64.5 Å². The van der Waals surface area contributed by atoms with E-state index in [-0.39, 0.29) is 17.5 Å².